The first-order chi connectivity index (χ1) is 29.8. The van der Waals surface area contributed by atoms with Crippen molar-refractivity contribution in [1.29, 1.82) is 0 Å². The van der Waals surface area contributed by atoms with E-state index in [1.54, 1.807) is 0 Å². The van der Waals surface area contributed by atoms with Crippen LogP contribution in [-0.2, 0) is 5.41 Å². The van der Waals surface area contributed by atoms with Crippen LogP contribution >= 0.6 is 0 Å². The van der Waals surface area contributed by atoms with Gasteiger partial charge in [0.25, 0.3) is 0 Å². The molecule has 1 heteroatoms. The third-order valence-corrected chi connectivity index (χ3v) is 12.3. The van der Waals surface area contributed by atoms with Crippen LogP contribution < -0.4 is 4.90 Å². The molecule has 0 fully saturated rings. The molecule has 60 heavy (non-hydrogen) atoms. The molecule has 11 rings (SSSR count). The van der Waals surface area contributed by atoms with Crippen molar-refractivity contribution < 1.29 is 0 Å². The van der Waals surface area contributed by atoms with Gasteiger partial charge in [0.2, 0.25) is 0 Å². The molecule has 1 aliphatic rings. The maximum atomic E-state index is 2.52. The van der Waals surface area contributed by atoms with Crippen LogP contribution in [0.2, 0.25) is 0 Å². The van der Waals surface area contributed by atoms with E-state index in [-0.39, 0.29) is 0 Å². The molecule has 1 aliphatic carbocycles. The van der Waals surface area contributed by atoms with E-state index in [0.717, 1.165) is 28.2 Å². The van der Waals surface area contributed by atoms with E-state index in [2.05, 4.69) is 254 Å². The van der Waals surface area contributed by atoms with Crippen molar-refractivity contribution in [3.63, 3.8) is 0 Å². The Hall–Kier alpha value is -7.74. The lowest BCUT2D eigenvalue weighted by Crippen LogP contribution is -2.28. The molecule has 0 radical (unpaired) electrons. The average Bonchev–Trinajstić information content (AvgIpc) is 3.63. The Morgan fingerprint density at radius 2 is 0.833 bits per heavy atom. The molecule has 10 aromatic rings. The second-order valence-electron chi connectivity index (χ2n) is 15.6. The second kappa shape index (κ2) is 14.9. The third kappa shape index (κ3) is 5.78. The lowest BCUT2D eigenvalue weighted by atomic mass is 9.67. The van der Waals surface area contributed by atoms with E-state index in [4.69, 9.17) is 0 Å². The van der Waals surface area contributed by atoms with Gasteiger partial charge in [-0.15, -0.1) is 0 Å². The van der Waals surface area contributed by atoms with Crippen LogP contribution in [0.3, 0.4) is 0 Å². The van der Waals surface area contributed by atoms with Gasteiger partial charge in [-0.1, -0.05) is 218 Å². The van der Waals surface area contributed by atoms with Gasteiger partial charge in [0, 0.05) is 16.8 Å². The summed E-state index contributed by atoms with van der Waals surface area (Å²) in [6.45, 7) is 0. The van der Waals surface area contributed by atoms with E-state index in [1.807, 2.05) is 0 Å². The molecule has 0 bridgehead atoms. The number of hydrogen-bond donors (Lipinski definition) is 0. The first-order valence-corrected chi connectivity index (χ1v) is 20.8. The second-order valence-corrected chi connectivity index (χ2v) is 15.6. The minimum atomic E-state index is -0.540. The normalized spacial score (nSPS) is 12.5. The average molecular weight is 764 g/mol. The number of fused-ring (bicyclic) bond motifs is 4. The Labute approximate surface area is 352 Å². The zero-order chi connectivity index (χ0) is 39.9. The van der Waals surface area contributed by atoms with E-state index in [0.29, 0.717) is 0 Å². The maximum Gasteiger partial charge on any atom is 0.0714 e. The van der Waals surface area contributed by atoms with Crippen molar-refractivity contribution in [3.8, 4) is 44.5 Å². The predicted octanol–water partition coefficient (Wildman–Crippen LogP) is 15.7. The molecule has 282 valence electrons. The van der Waals surface area contributed by atoms with Gasteiger partial charge in [0.05, 0.1) is 16.8 Å². The third-order valence-electron chi connectivity index (χ3n) is 12.3. The summed E-state index contributed by atoms with van der Waals surface area (Å²) in [5.41, 5.74) is 17.4. The van der Waals surface area contributed by atoms with Gasteiger partial charge in [-0.2, -0.15) is 0 Å². The van der Waals surface area contributed by atoms with Crippen molar-refractivity contribution in [2.45, 2.75) is 5.41 Å². The Morgan fingerprint density at radius 3 is 1.52 bits per heavy atom. The fourth-order valence-electron chi connectivity index (χ4n) is 9.72. The molecule has 1 nitrogen and oxygen atoms in total. The van der Waals surface area contributed by atoms with Gasteiger partial charge in [-0.3, -0.25) is 0 Å². The van der Waals surface area contributed by atoms with Gasteiger partial charge in [0.15, 0.2) is 0 Å². The van der Waals surface area contributed by atoms with E-state index in [1.165, 1.54) is 66.4 Å². The SMILES string of the molecule is c1ccc(-c2ccc(N(c3ccc4c(c3)C(c3ccccc3)(c3ccccc3)c3ccccc3-4)c3ccc4ccccc4c3-c3ccccc3)c(-c3ccccc3)c2)cc1. The lowest BCUT2D eigenvalue weighted by Gasteiger charge is -2.35. The van der Waals surface area contributed by atoms with Crippen LogP contribution in [0, 0.1) is 0 Å². The Morgan fingerprint density at radius 1 is 0.300 bits per heavy atom. The van der Waals surface area contributed by atoms with E-state index < -0.39 is 5.41 Å². The molecule has 0 N–H and O–H groups in total. The molecule has 0 aromatic heterocycles. The van der Waals surface area contributed by atoms with Crippen molar-refractivity contribution >= 4 is 27.8 Å². The highest BCUT2D eigenvalue weighted by Gasteiger charge is 2.46. The van der Waals surface area contributed by atoms with Crippen molar-refractivity contribution in [3.05, 3.63) is 271 Å². The quantitative estimate of drug-likeness (QED) is 0.149. The number of nitrogens with zero attached hydrogens (tertiary/aromatic N) is 1. The van der Waals surface area contributed by atoms with Gasteiger partial charge in [-0.05, 0) is 96.7 Å². The molecule has 0 heterocycles. The zero-order valence-corrected chi connectivity index (χ0v) is 33.1. The predicted molar refractivity (Wildman–Crippen MR) is 252 cm³/mol. The van der Waals surface area contributed by atoms with Gasteiger partial charge in [0.1, 0.15) is 0 Å². The number of anilines is 3. The maximum absolute atomic E-state index is 2.52. The van der Waals surface area contributed by atoms with Gasteiger partial charge in [-0.25, -0.2) is 0 Å². The summed E-state index contributed by atoms with van der Waals surface area (Å²) >= 11 is 0. The zero-order valence-electron chi connectivity index (χ0n) is 33.1. The van der Waals surface area contributed by atoms with Crippen molar-refractivity contribution in [2.75, 3.05) is 4.90 Å². The van der Waals surface area contributed by atoms with Crippen molar-refractivity contribution in [1.82, 2.24) is 0 Å². The van der Waals surface area contributed by atoms with Crippen LogP contribution in [0.25, 0.3) is 55.3 Å². The smallest absolute Gasteiger partial charge is 0.0714 e. The molecule has 0 spiro atoms. The molecular formula is C59H41N. The Bertz CT molecular complexity index is 3080. The van der Waals surface area contributed by atoms with Crippen LogP contribution in [0.15, 0.2) is 249 Å². The number of rotatable bonds is 8. The largest absolute Gasteiger partial charge is 0.309 e. The Kier molecular flexibility index (Phi) is 8.79. The summed E-state index contributed by atoms with van der Waals surface area (Å²) in [5.74, 6) is 0. The monoisotopic (exact) mass is 763 g/mol. The highest BCUT2D eigenvalue weighted by Crippen LogP contribution is 2.58. The number of benzene rings is 10. The summed E-state index contributed by atoms with van der Waals surface area (Å²) in [7, 11) is 0. The summed E-state index contributed by atoms with van der Waals surface area (Å²) in [4.78, 5) is 2.52. The molecule has 0 amide bonds. The summed E-state index contributed by atoms with van der Waals surface area (Å²) in [5, 5.41) is 2.42. The molecule has 0 saturated heterocycles. The Balaban J connectivity index is 1.25. The first kappa shape index (κ1) is 35.4. The van der Waals surface area contributed by atoms with Crippen LogP contribution in [0.1, 0.15) is 22.3 Å². The molecule has 0 aliphatic heterocycles. The molecule has 0 saturated carbocycles. The highest BCUT2D eigenvalue weighted by molar-refractivity contribution is 6.07. The lowest BCUT2D eigenvalue weighted by molar-refractivity contribution is 0.768. The van der Waals surface area contributed by atoms with Crippen molar-refractivity contribution in [2.24, 2.45) is 0 Å². The fraction of sp³-hybridized carbons (Fsp3) is 0.0169. The summed E-state index contributed by atoms with van der Waals surface area (Å²) in [6, 6.07) is 91.2. The fourth-order valence-corrected chi connectivity index (χ4v) is 9.72. The molecule has 0 unspecified atom stereocenters. The topological polar surface area (TPSA) is 3.24 Å². The first-order valence-electron chi connectivity index (χ1n) is 20.8. The molecular weight excluding hydrogens is 723 g/mol. The summed E-state index contributed by atoms with van der Waals surface area (Å²) in [6.07, 6.45) is 0. The van der Waals surface area contributed by atoms with Gasteiger partial charge < -0.3 is 4.90 Å². The van der Waals surface area contributed by atoms with Crippen LogP contribution in [-0.4, -0.2) is 0 Å². The van der Waals surface area contributed by atoms with E-state index in [9.17, 15) is 0 Å². The van der Waals surface area contributed by atoms with Crippen LogP contribution in [0.4, 0.5) is 17.1 Å². The summed E-state index contributed by atoms with van der Waals surface area (Å²) < 4.78 is 0. The standard InChI is InChI=1S/C59H41N/c1-6-20-42(21-7-1)46-35-38-56(53(40-46)43-22-8-2-9-23-43)60(57-39-34-44-24-16-17-31-50(44)58(57)45-25-10-3-11-26-45)49-36-37-52-51-32-18-19-33-54(51)59(55(52)41-49,47-27-12-4-13-28-47)48-29-14-5-15-30-48/h1-41H. The minimum absolute atomic E-state index is 0.540. The molecule has 10 aromatic carbocycles. The highest BCUT2D eigenvalue weighted by atomic mass is 15.1. The number of hydrogen-bond acceptors (Lipinski definition) is 1. The molecule has 0 atom stereocenters. The van der Waals surface area contributed by atoms with Gasteiger partial charge >= 0.3 is 0 Å². The van der Waals surface area contributed by atoms with Crippen LogP contribution in [0.5, 0.6) is 0 Å². The minimum Gasteiger partial charge on any atom is -0.309 e. The van der Waals surface area contributed by atoms with E-state index >= 15 is 0 Å².